The smallest absolute Gasteiger partial charge is 0.0860 e. The van der Waals surface area contributed by atoms with Gasteiger partial charge < -0.3 is 4.90 Å². The van der Waals surface area contributed by atoms with Gasteiger partial charge in [0.2, 0.25) is 0 Å². The first-order valence-corrected chi connectivity index (χ1v) is 4.92. The first-order valence-electron chi connectivity index (χ1n) is 4.29. The second-order valence-corrected chi connectivity index (χ2v) is 3.17. The third-order valence-corrected chi connectivity index (χ3v) is 1.90. The van der Waals surface area contributed by atoms with E-state index >= 15 is 0 Å². The van der Waals surface area contributed by atoms with Crippen molar-refractivity contribution in [3.05, 3.63) is 0 Å². The second-order valence-electron chi connectivity index (χ2n) is 2.72. The predicted octanol–water partition coefficient (Wildman–Crippen LogP) is 0.621. The highest BCUT2D eigenvalue weighted by atomic mass is 32.1. The lowest BCUT2D eigenvalue weighted by Gasteiger charge is -2.16. The van der Waals surface area contributed by atoms with E-state index in [0.717, 1.165) is 5.75 Å². The molecule has 0 rings (SSSR count). The number of hydrogen-bond acceptors (Lipinski definition) is 1. The molecule has 0 aromatic heterocycles. The molecule has 62 valence electrons. The van der Waals surface area contributed by atoms with Gasteiger partial charge in [0.05, 0.1) is 19.6 Å². The van der Waals surface area contributed by atoms with Crippen LogP contribution in [0.15, 0.2) is 0 Å². The lowest BCUT2D eigenvalue weighted by Crippen LogP contribution is -3.12. The Bertz CT molecular complexity index is 52.0. The molecular formula is C8H20NS+. The normalized spacial score (nSPS) is 10.8. The lowest BCUT2D eigenvalue weighted by molar-refractivity contribution is -0.897. The topological polar surface area (TPSA) is 4.44 Å². The van der Waals surface area contributed by atoms with Crippen LogP contribution in [0.3, 0.4) is 0 Å². The van der Waals surface area contributed by atoms with Crippen LogP contribution in [0, 0.1) is 0 Å². The first-order chi connectivity index (χ1) is 4.85. The molecule has 0 bridgehead atoms. The Morgan fingerprint density at radius 3 is 1.80 bits per heavy atom. The zero-order valence-electron chi connectivity index (χ0n) is 7.19. The summed E-state index contributed by atoms with van der Waals surface area (Å²) in [6.45, 7) is 8.34. The molecule has 0 unspecified atom stereocenters. The summed E-state index contributed by atoms with van der Waals surface area (Å²) in [5, 5.41) is 0. The number of rotatable bonds is 6. The molecule has 1 nitrogen and oxygen atoms in total. The molecule has 0 aromatic carbocycles. The van der Waals surface area contributed by atoms with Gasteiger partial charge in [-0.05, 0) is 12.8 Å². The zero-order chi connectivity index (χ0) is 7.82. The van der Waals surface area contributed by atoms with Crippen molar-refractivity contribution in [2.45, 2.75) is 26.7 Å². The van der Waals surface area contributed by atoms with Crippen LogP contribution < -0.4 is 4.90 Å². The monoisotopic (exact) mass is 162 g/mol. The minimum atomic E-state index is 1.02. The molecule has 0 aliphatic carbocycles. The Morgan fingerprint density at radius 2 is 1.50 bits per heavy atom. The van der Waals surface area contributed by atoms with Crippen LogP contribution >= 0.6 is 12.6 Å². The number of hydrogen-bond donors (Lipinski definition) is 2. The van der Waals surface area contributed by atoms with E-state index in [1.807, 2.05) is 0 Å². The summed E-state index contributed by atoms with van der Waals surface area (Å²) in [7, 11) is 0. The third kappa shape index (κ3) is 5.12. The molecular weight excluding hydrogens is 142 g/mol. The molecule has 2 heteroatoms. The fourth-order valence-electron chi connectivity index (χ4n) is 1.24. The molecule has 0 saturated carbocycles. The minimum Gasteiger partial charge on any atom is -0.334 e. The van der Waals surface area contributed by atoms with Crippen molar-refractivity contribution in [1.82, 2.24) is 0 Å². The third-order valence-electron chi connectivity index (χ3n) is 1.67. The molecule has 0 saturated heterocycles. The second kappa shape index (κ2) is 7.42. The Labute approximate surface area is 70.2 Å². The molecule has 0 heterocycles. The molecule has 0 amide bonds. The fourth-order valence-corrected chi connectivity index (χ4v) is 1.56. The Hall–Kier alpha value is 0.310. The van der Waals surface area contributed by atoms with Crippen LogP contribution in [0.2, 0.25) is 0 Å². The van der Waals surface area contributed by atoms with Gasteiger partial charge in [-0.25, -0.2) is 0 Å². The van der Waals surface area contributed by atoms with E-state index < -0.39 is 0 Å². The van der Waals surface area contributed by atoms with Gasteiger partial charge in [-0.3, -0.25) is 0 Å². The molecule has 0 radical (unpaired) electrons. The van der Waals surface area contributed by atoms with E-state index in [1.54, 1.807) is 4.90 Å². The average molecular weight is 162 g/mol. The summed E-state index contributed by atoms with van der Waals surface area (Å²) in [5.41, 5.74) is 0. The van der Waals surface area contributed by atoms with Crippen molar-refractivity contribution in [1.29, 1.82) is 0 Å². The largest absolute Gasteiger partial charge is 0.334 e. The van der Waals surface area contributed by atoms with E-state index in [2.05, 4.69) is 26.5 Å². The van der Waals surface area contributed by atoms with Crippen molar-refractivity contribution in [2.24, 2.45) is 0 Å². The molecule has 0 fully saturated rings. The highest BCUT2D eigenvalue weighted by molar-refractivity contribution is 7.80. The molecule has 0 aliphatic rings. The van der Waals surface area contributed by atoms with Crippen LogP contribution in [-0.4, -0.2) is 25.4 Å². The molecule has 10 heavy (non-hydrogen) atoms. The van der Waals surface area contributed by atoms with Crippen LogP contribution in [0.5, 0.6) is 0 Å². The lowest BCUT2D eigenvalue weighted by atomic mass is 10.3. The van der Waals surface area contributed by atoms with Gasteiger partial charge in [0.15, 0.2) is 0 Å². The summed E-state index contributed by atoms with van der Waals surface area (Å²) >= 11 is 4.22. The summed E-state index contributed by atoms with van der Waals surface area (Å²) in [4.78, 5) is 1.71. The number of quaternary nitrogens is 1. The van der Waals surface area contributed by atoms with Gasteiger partial charge in [-0.15, -0.1) is 0 Å². The average Bonchev–Trinajstić information content (AvgIpc) is 1.90. The molecule has 1 N–H and O–H groups in total. The summed E-state index contributed by atoms with van der Waals surface area (Å²) in [6.07, 6.45) is 2.59. The first kappa shape index (κ1) is 10.3. The van der Waals surface area contributed by atoms with E-state index in [1.165, 1.54) is 32.5 Å². The number of thiol groups is 1. The fraction of sp³-hybridized carbons (Fsp3) is 1.00. The van der Waals surface area contributed by atoms with Crippen molar-refractivity contribution in [2.75, 3.05) is 25.4 Å². The maximum Gasteiger partial charge on any atom is 0.0860 e. The Kier molecular flexibility index (Phi) is 7.65. The van der Waals surface area contributed by atoms with Crippen molar-refractivity contribution >= 4 is 12.6 Å². The summed E-state index contributed by atoms with van der Waals surface area (Å²) in [6, 6.07) is 0. The van der Waals surface area contributed by atoms with Crippen molar-refractivity contribution < 1.29 is 4.90 Å². The van der Waals surface area contributed by atoms with Gasteiger partial charge in [-0.2, -0.15) is 12.6 Å². The van der Waals surface area contributed by atoms with Gasteiger partial charge in [-0.1, -0.05) is 13.8 Å². The highest BCUT2D eigenvalue weighted by Crippen LogP contribution is 1.71. The van der Waals surface area contributed by atoms with Gasteiger partial charge >= 0.3 is 0 Å². The zero-order valence-corrected chi connectivity index (χ0v) is 8.08. The van der Waals surface area contributed by atoms with Crippen molar-refractivity contribution in [3.63, 3.8) is 0 Å². The van der Waals surface area contributed by atoms with E-state index in [-0.39, 0.29) is 0 Å². The van der Waals surface area contributed by atoms with Crippen LogP contribution in [-0.2, 0) is 0 Å². The predicted molar refractivity (Wildman–Crippen MR) is 50.0 cm³/mol. The Balaban J connectivity index is 3.30. The summed E-state index contributed by atoms with van der Waals surface area (Å²) in [5.74, 6) is 1.02. The maximum absolute atomic E-state index is 4.22. The van der Waals surface area contributed by atoms with E-state index in [0.29, 0.717) is 0 Å². The molecule has 0 aromatic rings. The van der Waals surface area contributed by atoms with Crippen LogP contribution in [0.25, 0.3) is 0 Å². The van der Waals surface area contributed by atoms with Crippen LogP contribution in [0.1, 0.15) is 26.7 Å². The van der Waals surface area contributed by atoms with E-state index in [4.69, 9.17) is 0 Å². The van der Waals surface area contributed by atoms with Gasteiger partial charge in [0, 0.05) is 5.75 Å². The molecule has 0 spiro atoms. The SMILES string of the molecule is CCC[NH+](CCC)CCS. The quantitative estimate of drug-likeness (QED) is 0.528. The molecule has 0 atom stereocenters. The molecule has 0 aliphatic heterocycles. The maximum atomic E-state index is 4.22. The highest BCUT2D eigenvalue weighted by Gasteiger charge is 2.02. The standard InChI is InChI=1S/C8H19NS/c1-3-5-9(6-4-2)7-8-10/h10H,3-8H2,1-2H3/p+1. The summed E-state index contributed by atoms with van der Waals surface area (Å²) < 4.78 is 0. The van der Waals surface area contributed by atoms with Gasteiger partial charge in [0.25, 0.3) is 0 Å². The van der Waals surface area contributed by atoms with Crippen molar-refractivity contribution in [3.8, 4) is 0 Å². The Morgan fingerprint density at radius 1 is 1.00 bits per heavy atom. The number of nitrogens with one attached hydrogen (secondary N) is 1. The van der Waals surface area contributed by atoms with E-state index in [9.17, 15) is 0 Å². The van der Waals surface area contributed by atoms with Crippen LogP contribution in [0.4, 0.5) is 0 Å². The van der Waals surface area contributed by atoms with Gasteiger partial charge in [0.1, 0.15) is 0 Å². The minimum absolute atomic E-state index is 1.02.